The molecule has 2 atom stereocenters. The van der Waals surface area contributed by atoms with Crippen LogP contribution in [-0.4, -0.2) is 37.5 Å². The van der Waals surface area contributed by atoms with Crippen LogP contribution < -0.4 is 9.47 Å². The van der Waals surface area contributed by atoms with E-state index in [0.717, 1.165) is 0 Å². The van der Waals surface area contributed by atoms with E-state index < -0.39 is 29.5 Å². The second-order valence-electron chi connectivity index (χ2n) is 4.82. The van der Waals surface area contributed by atoms with Gasteiger partial charge in [-0.2, -0.15) is 0 Å². The lowest BCUT2D eigenvalue weighted by atomic mass is 9.76. The molecule has 0 fully saturated rings. The van der Waals surface area contributed by atoms with E-state index in [2.05, 4.69) is 0 Å². The molecule has 1 aliphatic carbocycles. The van der Waals surface area contributed by atoms with Crippen molar-refractivity contribution in [3.05, 3.63) is 23.3 Å². The molecule has 0 heterocycles. The van der Waals surface area contributed by atoms with E-state index in [1.807, 2.05) is 0 Å². The summed E-state index contributed by atoms with van der Waals surface area (Å²) in [5.41, 5.74) is -2.61. The van der Waals surface area contributed by atoms with Crippen LogP contribution in [0, 0.1) is 5.41 Å². The summed E-state index contributed by atoms with van der Waals surface area (Å²) in [4.78, 5) is 23.7. The van der Waals surface area contributed by atoms with E-state index in [4.69, 9.17) is 9.47 Å². The molecule has 1 aliphatic rings. The Labute approximate surface area is 119 Å². The number of carboxylic acid groups (broad SMARTS) is 1. The standard InChI is InChI=1S/C14H14F2O5/c1-6-7-4-9(20-2)10(21-3)5-8(7)11(17)14(6,12(15)16)13(18)19/h4-6,12H,1-3H3,(H,18,19). The molecule has 1 N–H and O–H groups in total. The first kappa shape index (κ1) is 15.2. The lowest BCUT2D eigenvalue weighted by Gasteiger charge is -2.26. The Hall–Kier alpha value is -2.18. The summed E-state index contributed by atoms with van der Waals surface area (Å²) in [5, 5.41) is 9.24. The molecule has 0 radical (unpaired) electrons. The number of carbonyl (C=O) groups excluding carboxylic acids is 1. The molecule has 2 rings (SSSR count). The molecule has 0 aromatic heterocycles. The van der Waals surface area contributed by atoms with Gasteiger partial charge in [-0.3, -0.25) is 9.59 Å². The quantitative estimate of drug-likeness (QED) is 0.864. The van der Waals surface area contributed by atoms with Crippen LogP contribution in [0.1, 0.15) is 28.8 Å². The highest BCUT2D eigenvalue weighted by molar-refractivity contribution is 6.17. The number of Topliss-reactive ketones (excluding diaryl/α,β-unsaturated/α-hetero) is 1. The Morgan fingerprint density at radius 2 is 1.81 bits per heavy atom. The van der Waals surface area contributed by atoms with Crippen molar-refractivity contribution >= 4 is 11.8 Å². The molecule has 0 saturated heterocycles. The van der Waals surface area contributed by atoms with E-state index in [1.54, 1.807) is 0 Å². The van der Waals surface area contributed by atoms with Gasteiger partial charge < -0.3 is 14.6 Å². The van der Waals surface area contributed by atoms with Gasteiger partial charge in [-0.1, -0.05) is 6.92 Å². The second kappa shape index (κ2) is 4.98. The van der Waals surface area contributed by atoms with Crippen molar-refractivity contribution in [3.63, 3.8) is 0 Å². The summed E-state index contributed by atoms with van der Waals surface area (Å²) < 4.78 is 36.9. The van der Waals surface area contributed by atoms with Crippen molar-refractivity contribution in [2.75, 3.05) is 14.2 Å². The maximum atomic E-state index is 13.4. The van der Waals surface area contributed by atoms with Crippen LogP contribution in [0.4, 0.5) is 8.78 Å². The third-order valence-corrected chi connectivity index (χ3v) is 4.02. The zero-order valence-corrected chi connectivity index (χ0v) is 11.6. The highest BCUT2D eigenvalue weighted by Gasteiger charge is 2.63. The number of fused-ring (bicyclic) bond motifs is 1. The summed E-state index contributed by atoms with van der Waals surface area (Å²) in [5.74, 6) is -3.66. The molecule has 21 heavy (non-hydrogen) atoms. The van der Waals surface area contributed by atoms with Crippen molar-refractivity contribution in [3.8, 4) is 11.5 Å². The van der Waals surface area contributed by atoms with Crippen LogP contribution in [0.15, 0.2) is 12.1 Å². The lowest BCUT2D eigenvalue weighted by Crippen LogP contribution is -2.45. The molecule has 1 aromatic rings. The number of rotatable bonds is 4. The Bertz CT molecular complexity index is 614. The number of methoxy groups -OCH3 is 2. The number of carbonyl (C=O) groups is 2. The monoisotopic (exact) mass is 300 g/mol. The van der Waals surface area contributed by atoms with Gasteiger partial charge in [-0.25, -0.2) is 8.78 Å². The first-order valence-electron chi connectivity index (χ1n) is 6.14. The maximum Gasteiger partial charge on any atom is 0.324 e. The summed E-state index contributed by atoms with van der Waals surface area (Å²) >= 11 is 0. The fourth-order valence-corrected chi connectivity index (χ4v) is 2.78. The van der Waals surface area contributed by atoms with Crippen LogP contribution in [-0.2, 0) is 4.79 Å². The predicted molar refractivity (Wildman–Crippen MR) is 68.4 cm³/mol. The predicted octanol–water partition coefficient (Wildman–Crippen LogP) is 2.34. The molecule has 2 unspecified atom stereocenters. The van der Waals surface area contributed by atoms with Crippen LogP contribution in [0.3, 0.4) is 0 Å². The number of alkyl halides is 2. The number of hydrogen-bond donors (Lipinski definition) is 1. The van der Waals surface area contributed by atoms with Gasteiger partial charge in [-0.15, -0.1) is 0 Å². The Morgan fingerprint density at radius 3 is 2.24 bits per heavy atom. The molecule has 1 aromatic carbocycles. The minimum absolute atomic E-state index is 0.0668. The Balaban J connectivity index is 2.72. The van der Waals surface area contributed by atoms with Gasteiger partial charge in [0.25, 0.3) is 6.43 Å². The van der Waals surface area contributed by atoms with E-state index in [1.165, 1.54) is 33.3 Å². The maximum absolute atomic E-state index is 13.4. The number of ketones is 1. The van der Waals surface area contributed by atoms with Crippen LogP contribution in [0.25, 0.3) is 0 Å². The molecule has 0 bridgehead atoms. The van der Waals surface area contributed by atoms with Gasteiger partial charge >= 0.3 is 5.97 Å². The average Bonchev–Trinajstić information content (AvgIpc) is 2.66. The number of benzene rings is 1. The van der Waals surface area contributed by atoms with Crippen molar-refractivity contribution in [1.82, 2.24) is 0 Å². The fraction of sp³-hybridized carbons (Fsp3) is 0.429. The molecule has 0 aliphatic heterocycles. The highest BCUT2D eigenvalue weighted by atomic mass is 19.3. The molecular formula is C14H14F2O5. The van der Waals surface area contributed by atoms with Crippen LogP contribution in [0.2, 0.25) is 0 Å². The second-order valence-corrected chi connectivity index (χ2v) is 4.82. The Kier molecular flexibility index (Phi) is 3.61. The zero-order valence-electron chi connectivity index (χ0n) is 11.6. The minimum atomic E-state index is -3.32. The average molecular weight is 300 g/mol. The number of carboxylic acids is 1. The number of ether oxygens (including phenoxy) is 2. The summed E-state index contributed by atoms with van der Waals surface area (Å²) in [6, 6.07) is 2.63. The van der Waals surface area contributed by atoms with E-state index in [-0.39, 0.29) is 22.6 Å². The smallest absolute Gasteiger partial charge is 0.324 e. The SMILES string of the molecule is COc1cc2c(cc1OC)C(C)C(C(=O)O)(C(F)F)C2=O. The number of aliphatic carboxylic acids is 1. The topological polar surface area (TPSA) is 72.8 Å². The Morgan fingerprint density at radius 1 is 1.29 bits per heavy atom. The molecule has 0 spiro atoms. The van der Waals surface area contributed by atoms with Crippen molar-refractivity contribution in [1.29, 1.82) is 0 Å². The number of hydrogen-bond acceptors (Lipinski definition) is 4. The van der Waals surface area contributed by atoms with Gasteiger partial charge in [0, 0.05) is 11.5 Å². The lowest BCUT2D eigenvalue weighted by molar-refractivity contribution is -0.155. The van der Waals surface area contributed by atoms with Gasteiger partial charge in [0.05, 0.1) is 14.2 Å². The van der Waals surface area contributed by atoms with E-state index in [9.17, 15) is 23.5 Å². The first-order chi connectivity index (χ1) is 9.82. The largest absolute Gasteiger partial charge is 0.493 e. The van der Waals surface area contributed by atoms with Crippen molar-refractivity contribution in [2.45, 2.75) is 19.3 Å². The zero-order chi connectivity index (χ0) is 15.9. The molecule has 0 amide bonds. The molecule has 0 saturated carbocycles. The molecule has 5 nitrogen and oxygen atoms in total. The summed E-state index contributed by atoms with van der Waals surface area (Å²) in [6.45, 7) is 1.30. The molecular weight excluding hydrogens is 286 g/mol. The number of halogens is 2. The summed E-state index contributed by atoms with van der Waals surface area (Å²) in [6.07, 6.45) is -3.32. The minimum Gasteiger partial charge on any atom is -0.493 e. The van der Waals surface area contributed by atoms with Gasteiger partial charge in [0.15, 0.2) is 22.7 Å². The normalized spacial score (nSPS) is 24.1. The third kappa shape index (κ3) is 1.80. The van der Waals surface area contributed by atoms with Crippen LogP contribution in [0.5, 0.6) is 11.5 Å². The molecule has 114 valence electrons. The fourth-order valence-electron chi connectivity index (χ4n) is 2.78. The third-order valence-electron chi connectivity index (χ3n) is 4.02. The summed E-state index contributed by atoms with van der Waals surface area (Å²) in [7, 11) is 2.70. The first-order valence-corrected chi connectivity index (χ1v) is 6.14. The van der Waals surface area contributed by atoms with Crippen LogP contribution >= 0.6 is 0 Å². The van der Waals surface area contributed by atoms with Gasteiger partial charge in [0.1, 0.15) is 0 Å². The van der Waals surface area contributed by atoms with Gasteiger partial charge in [0.2, 0.25) is 0 Å². The van der Waals surface area contributed by atoms with Crippen molar-refractivity contribution < 1.29 is 33.0 Å². The van der Waals surface area contributed by atoms with Gasteiger partial charge in [-0.05, 0) is 17.7 Å². The van der Waals surface area contributed by atoms with Crippen molar-refractivity contribution in [2.24, 2.45) is 5.41 Å². The molecule has 7 heteroatoms. The van der Waals surface area contributed by atoms with E-state index >= 15 is 0 Å². The highest BCUT2D eigenvalue weighted by Crippen LogP contribution is 2.53. The van der Waals surface area contributed by atoms with E-state index in [0.29, 0.717) is 0 Å².